The van der Waals surface area contributed by atoms with Crippen molar-refractivity contribution >= 4 is 40.7 Å². The van der Waals surface area contributed by atoms with E-state index in [1.54, 1.807) is 7.05 Å². The van der Waals surface area contributed by atoms with E-state index in [9.17, 15) is 4.21 Å². The second-order valence-electron chi connectivity index (χ2n) is 6.98. The number of benzene rings is 1. The maximum atomic E-state index is 12.2. The first kappa shape index (κ1) is 26.3. The lowest BCUT2D eigenvalue weighted by molar-refractivity contribution is 0.173. The number of nitrogens with zero attached hydrogens (tertiary/aromatic N) is 2. The second kappa shape index (κ2) is 15.3. The first-order valence-corrected chi connectivity index (χ1v) is 11.0. The molecule has 1 aromatic carbocycles. The van der Waals surface area contributed by atoms with Gasteiger partial charge >= 0.3 is 0 Å². The number of rotatable bonds is 11. The summed E-state index contributed by atoms with van der Waals surface area (Å²) in [6, 6.07) is 11.1. The van der Waals surface area contributed by atoms with E-state index in [-0.39, 0.29) is 24.0 Å². The molecule has 0 saturated carbocycles. The van der Waals surface area contributed by atoms with E-state index in [1.165, 1.54) is 0 Å². The Labute approximate surface area is 185 Å². The molecule has 0 aliphatic carbocycles. The van der Waals surface area contributed by atoms with Gasteiger partial charge in [-0.1, -0.05) is 30.3 Å². The molecule has 2 N–H and O–H groups in total. The summed E-state index contributed by atoms with van der Waals surface area (Å²) in [6.45, 7) is 11.6. The lowest BCUT2D eigenvalue weighted by Crippen LogP contribution is -2.42. The first-order chi connectivity index (χ1) is 12.4. The van der Waals surface area contributed by atoms with E-state index in [0.717, 1.165) is 31.0 Å². The fourth-order valence-electron chi connectivity index (χ4n) is 2.92. The van der Waals surface area contributed by atoms with Crippen LogP contribution in [0.5, 0.6) is 0 Å². The lowest BCUT2D eigenvalue weighted by Gasteiger charge is -2.30. The summed E-state index contributed by atoms with van der Waals surface area (Å²) in [6.07, 6.45) is 1.07. The fourth-order valence-corrected chi connectivity index (χ4v) is 3.96. The molecule has 0 saturated heterocycles. The van der Waals surface area contributed by atoms with Gasteiger partial charge in [-0.25, -0.2) is 0 Å². The number of halogens is 1. The molecule has 1 atom stereocenters. The third kappa shape index (κ3) is 11.7. The van der Waals surface area contributed by atoms with E-state index in [1.807, 2.05) is 30.3 Å². The van der Waals surface area contributed by atoms with E-state index in [4.69, 9.17) is 0 Å². The quantitative estimate of drug-likeness (QED) is 0.209. The molecule has 0 heterocycles. The van der Waals surface area contributed by atoms with E-state index < -0.39 is 10.8 Å². The van der Waals surface area contributed by atoms with Gasteiger partial charge in [0, 0.05) is 61.1 Å². The van der Waals surface area contributed by atoms with Crippen molar-refractivity contribution in [2.45, 2.75) is 52.0 Å². The number of hydrogen-bond acceptors (Lipinski definition) is 3. The fraction of sp³-hybridized carbons (Fsp3) is 0.650. The van der Waals surface area contributed by atoms with E-state index in [0.29, 0.717) is 30.1 Å². The Morgan fingerprint density at radius 1 is 1.07 bits per heavy atom. The third-order valence-corrected chi connectivity index (χ3v) is 5.54. The van der Waals surface area contributed by atoms with Crippen molar-refractivity contribution in [3.63, 3.8) is 0 Å². The van der Waals surface area contributed by atoms with E-state index in [2.05, 4.69) is 48.2 Å². The molecule has 27 heavy (non-hydrogen) atoms. The van der Waals surface area contributed by atoms with Crippen LogP contribution in [0, 0.1) is 0 Å². The van der Waals surface area contributed by atoms with Gasteiger partial charge in [-0.05, 0) is 39.7 Å². The van der Waals surface area contributed by atoms with Crippen LogP contribution in [-0.4, -0.2) is 59.6 Å². The van der Waals surface area contributed by atoms with Crippen LogP contribution < -0.4 is 10.6 Å². The van der Waals surface area contributed by atoms with Gasteiger partial charge in [-0.2, -0.15) is 0 Å². The molecule has 0 spiro atoms. The SMILES string of the molecule is CN=C(NCCCN(C(C)C)C(C)C)NCCS(=O)Cc1ccccc1.I. The normalized spacial score (nSPS) is 13.0. The maximum absolute atomic E-state index is 12.2. The molecule has 5 nitrogen and oxygen atoms in total. The van der Waals surface area contributed by atoms with E-state index >= 15 is 0 Å². The van der Waals surface area contributed by atoms with Crippen molar-refractivity contribution in [1.29, 1.82) is 0 Å². The molecule has 0 aliphatic heterocycles. The molecule has 156 valence electrons. The Bertz CT molecular complexity index is 544. The summed E-state index contributed by atoms with van der Waals surface area (Å²) in [4.78, 5) is 6.73. The molecule has 1 aromatic rings. The predicted molar refractivity (Wildman–Crippen MR) is 130 cm³/mol. The van der Waals surface area contributed by atoms with Crippen molar-refractivity contribution in [3.05, 3.63) is 35.9 Å². The molecule has 1 unspecified atom stereocenters. The summed E-state index contributed by atoms with van der Waals surface area (Å²) in [5, 5.41) is 6.59. The van der Waals surface area contributed by atoms with Crippen molar-refractivity contribution in [3.8, 4) is 0 Å². The van der Waals surface area contributed by atoms with Crippen LogP contribution in [0.1, 0.15) is 39.7 Å². The molecule has 0 bridgehead atoms. The van der Waals surface area contributed by atoms with Gasteiger partial charge in [0.05, 0.1) is 0 Å². The molecule has 1 rings (SSSR count). The molecule has 0 aliphatic rings. The number of nitrogens with one attached hydrogen (secondary N) is 2. The lowest BCUT2D eigenvalue weighted by atomic mass is 10.2. The zero-order chi connectivity index (χ0) is 19.4. The van der Waals surface area contributed by atoms with Crippen molar-refractivity contribution in [2.75, 3.05) is 32.4 Å². The second-order valence-corrected chi connectivity index (χ2v) is 8.56. The summed E-state index contributed by atoms with van der Waals surface area (Å²) in [5.41, 5.74) is 1.12. The Morgan fingerprint density at radius 3 is 2.22 bits per heavy atom. The highest BCUT2D eigenvalue weighted by Gasteiger charge is 2.12. The molecular formula is C20H37IN4OS. The molecule has 0 aromatic heterocycles. The minimum absolute atomic E-state index is 0. The number of aliphatic imine (C=N–C) groups is 1. The monoisotopic (exact) mass is 508 g/mol. The summed E-state index contributed by atoms with van der Waals surface area (Å²) in [5.74, 6) is 2.00. The minimum Gasteiger partial charge on any atom is -0.356 e. The Kier molecular flexibility index (Phi) is 14.9. The van der Waals surface area contributed by atoms with Crippen LogP contribution in [0.25, 0.3) is 0 Å². The zero-order valence-electron chi connectivity index (χ0n) is 17.4. The Morgan fingerprint density at radius 2 is 1.67 bits per heavy atom. The highest BCUT2D eigenvalue weighted by atomic mass is 127. The third-order valence-electron chi connectivity index (χ3n) is 4.23. The topological polar surface area (TPSA) is 56.7 Å². The summed E-state index contributed by atoms with van der Waals surface area (Å²) in [7, 11) is 0.903. The number of guanidine groups is 1. The van der Waals surface area contributed by atoms with Crippen LogP contribution >= 0.6 is 24.0 Å². The van der Waals surface area contributed by atoms with Gasteiger partial charge < -0.3 is 10.6 Å². The summed E-state index contributed by atoms with van der Waals surface area (Å²) >= 11 is 0. The highest BCUT2D eigenvalue weighted by molar-refractivity contribution is 14.0. The van der Waals surface area contributed by atoms with Gasteiger partial charge in [0.15, 0.2) is 5.96 Å². The average Bonchev–Trinajstić information content (AvgIpc) is 2.60. The van der Waals surface area contributed by atoms with Gasteiger partial charge in [-0.15, -0.1) is 24.0 Å². The van der Waals surface area contributed by atoms with Crippen molar-refractivity contribution in [1.82, 2.24) is 15.5 Å². The van der Waals surface area contributed by atoms with Crippen molar-refractivity contribution < 1.29 is 4.21 Å². The highest BCUT2D eigenvalue weighted by Crippen LogP contribution is 2.05. The van der Waals surface area contributed by atoms with Crippen LogP contribution in [-0.2, 0) is 16.6 Å². The van der Waals surface area contributed by atoms with Crippen molar-refractivity contribution in [2.24, 2.45) is 4.99 Å². The van der Waals surface area contributed by atoms with Crippen LogP contribution in [0.2, 0.25) is 0 Å². The Balaban J connectivity index is 0.00000676. The van der Waals surface area contributed by atoms with Crippen LogP contribution in [0.4, 0.5) is 0 Å². The number of hydrogen-bond donors (Lipinski definition) is 2. The van der Waals surface area contributed by atoms with Gasteiger partial charge in [0.25, 0.3) is 0 Å². The zero-order valence-corrected chi connectivity index (χ0v) is 20.6. The van der Waals surface area contributed by atoms with Crippen LogP contribution in [0.3, 0.4) is 0 Å². The largest absolute Gasteiger partial charge is 0.356 e. The van der Waals surface area contributed by atoms with Crippen LogP contribution in [0.15, 0.2) is 35.3 Å². The molecule has 0 radical (unpaired) electrons. The standard InChI is InChI=1S/C20H36N4OS.HI/c1-17(2)24(18(3)4)14-9-12-22-20(21-5)23-13-15-26(25)16-19-10-7-6-8-11-19;/h6-8,10-11,17-18H,9,12-16H2,1-5H3,(H2,21,22,23);1H. The summed E-state index contributed by atoms with van der Waals surface area (Å²) < 4.78 is 12.2. The molecule has 0 fully saturated rings. The predicted octanol–water partition coefficient (Wildman–Crippen LogP) is 3.23. The first-order valence-electron chi connectivity index (χ1n) is 9.53. The average molecular weight is 509 g/mol. The van der Waals surface area contributed by atoms with Gasteiger partial charge in [0.2, 0.25) is 0 Å². The smallest absolute Gasteiger partial charge is 0.191 e. The molecule has 0 amide bonds. The Hall–Kier alpha value is -0.670. The maximum Gasteiger partial charge on any atom is 0.191 e. The van der Waals surface area contributed by atoms with Gasteiger partial charge in [0.1, 0.15) is 0 Å². The van der Waals surface area contributed by atoms with Gasteiger partial charge in [-0.3, -0.25) is 14.1 Å². The molecule has 7 heteroatoms. The molecular weight excluding hydrogens is 471 g/mol. The minimum atomic E-state index is -0.865.